The smallest absolute Gasteiger partial charge is 0.326 e. The van der Waals surface area contributed by atoms with E-state index < -0.39 is 24.1 Å². The monoisotopic (exact) mass is 299 g/mol. The second-order valence-corrected chi connectivity index (χ2v) is 5.80. The fourth-order valence-corrected chi connectivity index (χ4v) is 2.84. The third-order valence-corrected chi connectivity index (χ3v) is 3.97. The molecule has 1 aliphatic heterocycles. The molecule has 1 aliphatic rings. The minimum atomic E-state index is -1.09. The van der Waals surface area contributed by atoms with Crippen molar-refractivity contribution in [2.75, 3.05) is 13.1 Å². The molecule has 0 aromatic carbocycles. The van der Waals surface area contributed by atoms with Crippen LogP contribution in [0.4, 0.5) is 4.79 Å². The number of aliphatic carboxylic acids is 1. The van der Waals surface area contributed by atoms with E-state index in [1.165, 1.54) is 4.90 Å². The molecule has 1 saturated heterocycles. The first-order chi connectivity index (χ1) is 9.47. The number of hydrogen-bond acceptors (Lipinski definition) is 5. The Morgan fingerprint density at radius 1 is 1.60 bits per heavy atom. The van der Waals surface area contributed by atoms with Crippen LogP contribution in [0.25, 0.3) is 0 Å². The first-order valence-corrected chi connectivity index (χ1v) is 7.21. The summed E-state index contributed by atoms with van der Waals surface area (Å²) in [6, 6.07) is -1.41. The lowest BCUT2D eigenvalue weighted by molar-refractivity contribution is -0.141. The lowest BCUT2D eigenvalue weighted by Crippen LogP contribution is -2.46. The number of thiazole rings is 1. The van der Waals surface area contributed by atoms with E-state index in [-0.39, 0.29) is 13.0 Å². The number of carboxylic acid groups (broad SMARTS) is 1. The van der Waals surface area contributed by atoms with E-state index >= 15 is 0 Å². The van der Waals surface area contributed by atoms with Gasteiger partial charge in [-0.05, 0) is 6.92 Å². The second-order valence-electron chi connectivity index (χ2n) is 4.74. The van der Waals surface area contributed by atoms with Crippen molar-refractivity contribution in [2.45, 2.75) is 31.9 Å². The Labute approximate surface area is 120 Å². The van der Waals surface area contributed by atoms with Crippen molar-refractivity contribution in [3.8, 4) is 0 Å². The first kappa shape index (κ1) is 14.7. The van der Waals surface area contributed by atoms with Gasteiger partial charge in [0, 0.05) is 31.3 Å². The Morgan fingerprint density at radius 2 is 2.35 bits per heavy atom. The molecule has 1 aromatic rings. The van der Waals surface area contributed by atoms with E-state index in [0.717, 1.165) is 10.7 Å². The summed E-state index contributed by atoms with van der Waals surface area (Å²) in [7, 11) is 0. The maximum atomic E-state index is 11.9. The molecule has 1 aromatic heterocycles. The summed E-state index contributed by atoms with van der Waals surface area (Å²) in [5.41, 5.74) is 0.907. The van der Waals surface area contributed by atoms with Gasteiger partial charge in [0.25, 0.3) is 0 Å². The second kappa shape index (κ2) is 6.19. The summed E-state index contributed by atoms with van der Waals surface area (Å²) >= 11 is 1.55. The quantitative estimate of drug-likeness (QED) is 0.738. The maximum absolute atomic E-state index is 11.9. The van der Waals surface area contributed by atoms with E-state index in [0.29, 0.717) is 13.0 Å². The Bertz CT molecular complexity index is 505. The SMILES string of the molecule is Cc1nc(CCNC(=O)N2CC(O)C[C@H]2C(=O)O)cs1. The number of hydrogen-bond donors (Lipinski definition) is 3. The van der Waals surface area contributed by atoms with Crippen molar-refractivity contribution < 1.29 is 19.8 Å². The number of aryl methyl sites for hydroxylation is 1. The summed E-state index contributed by atoms with van der Waals surface area (Å²) < 4.78 is 0. The molecule has 0 saturated carbocycles. The predicted molar refractivity (Wildman–Crippen MR) is 72.7 cm³/mol. The van der Waals surface area contributed by atoms with Crippen LogP contribution in [-0.2, 0) is 11.2 Å². The number of carboxylic acids is 1. The van der Waals surface area contributed by atoms with Gasteiger partial charge < -0.3 is 20.4 Å². The van der Waals surface area contributed by atoms with Gasteiger partial charge in [0.05, 0.1) is 16.8 Å². The van der Waals surface area contributed by atoms with Crippen molar-refractivity contribution >= 4 is 23.3 Å². The van der Waals surface area contributed by atoms with Gasteiger partial charge in [0.2, 0.25) is 0 Å². The van der Waals surface area contributed by atoms with E-state index in [1.807, 2.05) is 12.3 Å². The molecule has 3 N–H and O–H groups in total. The molecule has 0 radical (unpaired) electrons. The van der Waals surface area contributed by atoms with Gasteiger partial charge in [0.15, 0.2) is 0 Å². The summed E-state index contributed by atoms with van der Waals surface area (Å²) in [5, 5.41) is 24.1. The average molecular weight is 299 g/mol. The van der Waals surface area contributed by atoms with Crippen molar-refractivity contribution in [3.05, 3.63) is 16.1 Å². The van der Waals surface area contributed by atoms with Gasteiger partial charge in [-0.1, -0.05) is 0 Å². The fraction of sp³-hybridized carbons (Fsp3) is 0.583. The normalized spacial score (nSPS) is 22.0. The zero-order valence-electron chi connectivity index (χ0n) is 11.1. The van der Waals surface area contributed by atoms with Crippen LogP contribution in [0.15, 0.2) is 5.38 Å². The van der Waals surface area contributed by atoms with Gasteiger partial charge >= 0.3 is 12.0 Å². The number of aliphatic hydroxyl groups is 1. The number of aliphatic hydroxyl groups excluding tert-OH is 1. The minimum Gasteiger partial charge on any atom is -0.480 e. The Hall–Kier alpha value is -1.67. The van der Waals surface area contributed by atoms with Crippen molar-refractivity contribution in [1.29, 1.82) is 0 Å². The molecule has 2 heterocycles. The van der Waals surface area contributed by atoms with Crippen LogP contribution in [0.3, 0.4) is 0 Å². The highest BCUT2D eigenvalue weighted by atomic mass is 32.1. The number of β-amino-alcohol motifs (C(OH)–C–C–N with tert-alkyl or cyclic N) is 1. The molecular weight excluding hydrogens is 282 g/mol. The van der Waals surface area contributed by atoms with Crippen molar-refractivity contribution in [1.82, 2.24) is 15.2 Å². The van der Waals surface area contributed by atoms with E-state index in [9.17, 15) is 14.7 Å². The number of nitrogens with zero attached hydrogens (tertiary/aromatic N) is 2. The van der Waals surface area contributed by atoms with Crippen molar-refractivity contribution in [2.24, 2.45) is 0 Å². The fourth-order valence-electron chi connectivity index (χ4n) is 2.19. The average Bonchev–Trinajstić information content (AvgIpc) is 2.95. The van der Waals surface area contributed by atoms with Crippen molar-refractivity contribution in [3.63, 3.8) is 0 Å². The molecule has 1 unspecified atom stereocenters. The zero-order valence-corrected chi connectivity index (χ0v) is 11.9. The molecule has 8 heteroatoms. The summed E-state index contributed by atoms with van der Waals surface area (Å²) in [6.07, 6.45) is -0.0961. The lowest BCUT2D eigenvalue weighted by Gasteiger charge is -2.21. The lowest BCUT2D eigenvalue weighted by atomic mass is 10.2. The van der Waals surface area contributed by atoms with E-state index in [1.54, 1.807) is 11.3 Å². The molecule has 2 atom stereocenters. The summed E-state index contributed by atoms with van der Waals surface area (Å²) in [5.74, 6) is -1.09. The van der Waals surface area contributed by atoms with Gasteiger partial charge in [-0.25, -0.2) is 14.6 Å². The number of likely N-dealkylation sites (tertiary alicyclic amines) is 1. The standard InChI is InChI=1S/C12H17N3O4S/c1-7-14-8(6-20-7)2-3-13-12(19)15-5-9(16)4-10(15)11(17)18/h6,9-10,16H,2-5H2,1H3,(H,13,19)(H,17,18)/t9?,10-/m0/s1. The van der Waals surface area contributed by atoms with Gasteiger partial charge in [-0.2, -0.15) is 0 Å². The largest absolute Gasteiger partial charge is 0.480 e. The predicted octanol–water partition coefficient (Wildman–Crippen LogP) is 0.223. The highest BCUT2D eigenvalue weighted by Gasteiger charge is 2.38. The molecule has 2 amide bonds. The third-order valence-electron chi connectivity index (χ3n) is 3.15. The highest BCUT2D eigenvalue weighted by molar-refractivity contribution is 7.09. The maximum Gasteiger partial charge on any atom is 0.326 e. The minimum absolute atomic E-state index is 0.0542. The number of carbonyl (C=O) groups excluding carboxylic acids is 1. The summed E-state index contributed by atoms with van der Waals surface area (Å²) in [4.78, 5) is 28.4. The molecule has 0 spiro atoms. The summed E-state index contributed by atoms with van der Waals surface area (Å²) in [6.45, 7) is 2.36. The van der Waals surface area contributed by atoms with Crippen LogP contribution in [0, 0.1) is 6.92 Å². The van der Waals surface area contributed by atoms with Crippen LogP contribution < -0.4 is 5.32 Å². The number of aromatic nitrogens is 1. The number of carbonyl (C=O) groups is 2. The molecule has 2 rings (SSSR count). The topological polar surface area (TPSA) is 103 Å². The Kier molecular flexibility index (Phi) is 4.56. The van der Waals surface area contributed by atoms with Crippen LogP contribution in [0.1, 0.15) is 17.1 Å². The van der Waals surface area contributed by atoms with Gasteiger partial charge in [-0.15, -0.1) is 11.3 Å². The molecule has 20 heavy (non-hydrogen) atoms. The molecular formula is C12H17N3O4S. The van der Waals surface area contributed by atoms with E-state index in [2.05, 4.69) is 10.3 Å². The molecule has 110 valence electrons. The van der Waals surface area contributed by atoms with Crippen LogP contribution >= 0.6 is 11.3 Å². The van der Waals surface area contributed by atoms with Crippen LogP contribution in [-0.4, -0.2) is 57.3 Å². The molecule has 0 bridgehead atoms. The van der Waals surface area contributed by atoms with Crippen LogP contribution in [0.5, 0.6) is 0 Å². The number of urea groups is 1. The Balaban J connectivity index is 1.83. The molecule has 0 aliphatic carbocycles. The van der Waals surface area contributed by atoms with Gasteiger partial charge in [0.1, 0.15) is 6.04 Å². The highest BCUT2D eigenvalue weighted by Crippen LogP contribution is 2.18. The number of amides is 2. The Morgan fingerprint density at radius 3 is 2.95 bits per heavy atom. The molecule has 7 nitrogen and oxygen atoms in total. The number of nitrogens with one attached hydrogen (secondary N) is 1. The first-order valence-electron chi connectivity index (χ1n) is 6.33. The molecule has 1 fully saturated rings. The third kappa shape index (κ3) is 3.45. The zero-order chi connectivity index (χ0) is 14.7. The van der Waals surface area contributed by atoms with E-state index in [4.69, 9.17) is 5.11 Å². The van der Waals surface area contributed by atoms with Gasteiger partial charge in [-0.3, -0.25) is 0 Å². The number of rotatable bonds is 4. The van der Waals surface area contributed by atoms with Crippen LogP contribution in [0.2, 0.25) is 0 Å².